The van der Waals surface area contributed by atoms with E-state index in [1.807, 2.05) is 28.6 Å². The Bertz CT molecular complexity index is 759. The van der Waals surface area contributed by atoms with Crippen molar-refractivity contribution in [1.29, 1.82) is 0 Å². The number of hydrogen-bond acceptors (Lipinski definition) is 4. The molecule has 2 heterocycles. The topological polar surface area (TPSA) is 34.4 Å². The van der Waals surface area contributed by atoms with Gasteiger partial charge in [-0.3, -0.25) is 5.32 Å². The molecule has 138 valence electrons. The number of nitrogens with zero attached hydrogens (tertiary/aromatic N) is 1. The van der Waals surface area contributed by atoms with E-state index in [2.05, 4.69) is 35.8 Å². The fourth-order valence-electron chi connectivity index (χ4n) is 3.33. The molecule has 2 aliphatic rings. The van der Waals surface area contributed by atoms with Crippen LogP contribution in [0.4, 0.5) is 5.82 Å². The zero-order chi connectivity index (χ0) is 18.0. The first kappa shape index (κ1) is 18.0. The standard InChI is InChI=1S/C20H23ClN2O2S/c1-24-23-14-15(2-9-19(23)22-17-5-6-17)20(10-12-25-13-11-20)26-18-7-3-16(21)4-8-18/h2-4,7-9,14,17H,5-6,10-13H2,1H3/p+1. The molecule has 1 saturated heterocycles. The first-order chi connectivity index (χ1) is 12.7. The van der Waals surface area contributed by atoms with Crippen molar-refractivity contribution >= 4 is 29.2 Å². The van der Waals surface area contributed by atoms with E-state index in [-0.39, 0.29) is 4.75 Å². The second-order valence-electron chi connectivity index (χ2n) is 6.89. The number of rotatable bonds is 6. The van der Waals surface area contributed by atoms with Gasteiger partial charge < -0.3 is 9.57 Å². The summed E-state index contributed by atoms with van der Waals surface area (Å²) in [5, 5.41) is 4.29. The van der Waals surface area contributed by atoms with Gasteiger partial charge in [0.1, 0.15) is 13.3 Å². The highest BCUT2D eigenvalue weighted by Gasteiger charge is 2.38. The summed E-state index contributed by atoms with van der Waals surface area (Å²) in [7, 11) is 1.71. The van der Waals surface area contributed by atoms with Gasteiger partial charge in [0.15, 0.2) is 0 Å². The van der Waals surface area contributed by atoms with Gasteiger partial charge in [-0.05, 0) is 60.7 Å². The molecule has 0 unspecified atom stereocenters. The quantitative estimate of drug-likeness (QED) is 0.753. The van der Waals surface area contributed by atoms with Gasteiger partial charge in [0, 0.05) is 34.8 Å². The van der Waals surface area contributed by atoms with Crippen molar-refractivity contribution in [3.05, 3.63) is 53.2 Å². The maximum Gasteiger partial charge on any atom is 0.314 e. The lowest BCUT2D eigenvalue weighted by atomic mass is 9.91. The fraction of sp³-hybridized carbons (Fsp3) is 0.450. The Kier molecular flexibility index (Phi) is 5.30. The highest BCUT2D eigenvalue weighted by Crippen LogP contribution is 2.48. The van der Waals surface area contributed by atoms with Crippen molar-refractivity contribution in [2.75, 3.05) is 25.6 Å². The number of aromatic nitrogens is 1. The molecule has 26 heavy (non-hydrogen) atoms. The average Bonchev–Trinajstić information content (AvgIpc) is 3.49. The van der Waals surface area contributed by atoms with Gasteiger partial charge in [-0.2, -0.15) is 0 Å². The highest BCUT2D eigenvalue weighted by molar-refractivity contribution is 8.00. The summed E-state index contributed by atoms with van der Waals surface area (Å²) in [6, 6.07) is 13.0. The number of hydrogen-bond donors (Lipinski definition) is 1. The fourth-order valence-corrected chi connectivity index (χ4v) is 4.79. The zero-order valence-corrected chi connectivity index (χ0v) is 16.5. The van der Waals surface area contributed by atoms with Crippen molar-refractivity contribution in [3.8, 4) is 0 Å². The Balaban J connectivity index is 1.65. The summed E-state index contributed by atoms with van der Waals surface area (Å²) in [6.45, 7) is 1.55. The maximum atomic E-state index is 6.05. The SMILES string of the molecule is CO[n+]1cc(C2(Sc3ccc(Cl)cc3)CCOCC2)ccc1NC1CC1. The van der Waals surface area contributed by atoms with Crippen molar-refractivity contribution in [1.82, 2.24) is 0 Å². The van der Waals surface area contributed by atoms with Gasteiger partial charge in [0.2, 0.25) is 0 Å². The van der Waals surface area contributed by atoms with Crippen LogP contribution in [0.5, 0.6) is 0 Å². The van der Waals surface area contributed by atoms with Gasteiger partial charge in [-0.25, -0.2) is 0 Å². The molecule has 6 heteroatoms. The molecule has 2 fully saturated rings. The number of anilines is 1. The molecule has 4 rings (SSSR count). The van der Waals surface area contributed by atoms with Crippen LogP contribution in [0.25, 0.3) is 0 Å². The predicted octanol–water partition coefficient (Wildman–Crippen LogP) is 4.06. The van der Waals surface area contributed by atoms with Crippen LogP contribution in [-0.2, 0) is 9.48 Å². The van der Waals surface area contributed by atoms with Crippen LogP contribution in [0, 0.1) is 0 Å². The van der Waals surface area contributed by atoms with E-state index in [1.54, 1.807) is 7.11 Å². The smallest absolute Gasteiger partial charge is 0.314 e. The van der Waals surface area contributed by atoms with E-state index in [1.165, 1.54) is 23.3 Å². The number of halogens is 1. The Morgan fingerprint density at radius 3 is 2.54 bits per heavy atom. The minimum atomic E-state index is -0.0233. The van der Waals surface area contributed by atoms with Gasteiger partial charge >= 0.3 is 5.82 Å². The average molecular weight is 392 g/mol. The van der Waals surface area contributed by atoms with E-state index in [9.17, 15) is 0 Å². The molecule has 0 bridgehead atoms. The molecule has 1 aliphatic carbocycles. The monoisotopic (exact) mass is 391 g/mol. The van der Waals surface area contributed by atoms with E-state index in [0.29, 0.717) is 6.04 Å². The number of thioether (sulfide) groups is 1. The molecule has 0 spiro atoms. The minimum Gasteiger partial charge on any atom is -0.381 e. The molecular formula is C20H24ClN2O2S+. The van der Waals surface area contributed by atoms with Crippen LogP contribution in [0.3, 0.4) is 0 Å². The van der Waals surface area contributed by atoms with E-state index >= 15 is 0 Å². The summed E-state index contributed by atoms with van der Waals surface area (Å²) in [6.07, 6.45) is 6.54. The molecule has 1 aromatic carbocycles. The van der Waals surface area contributed by atoms with Crippen LogP contribution in [0.15, 0.2) is 47.5 Å². The third-order valence-electron chi connectivity index (χ3n) is 4.99. The second kappa shape index (κ2) is 7.67. The molecule has 0 radical (unpaired) electrons. The normalized spacial score (nSPS) is 19.2. The summed E-state index contributed by atoms with van der Waals surface area (Å²) >= 11 is 7.95. The lowest BCUT2D eigenvalue weighted by Gasteiger charge is -2.36. The zero-order valence-electron chi connectivity index (χ0n) is 14.9. The molecule has 1 aliphatic heterocycles. The largest absolute Gasteiger partial charge is 0.381 e. The maximum absolute atomic E-state index is 6.05. The molecule has 1 N–H and O–H groups in total. The highest BCUT2D eigenvalue weighted by atomic mass is 35.5. The van der Waals surface area contributed by atoms with Crippen LogP contribution >= 0.6 is 23.4 Å². The second-order valence-corrected chi connectivity index (χ2v) is 8.79. The van der Waals surface area contributed by atoms with Crippen LogP contribution < -0.4 is 14.9 Å². The molecular weight excluding hydrogens is 368 g/mol. The van der Waals surface area contributed by atoms with E-state index < -0.39 is 0 Å². The Hall–Kier alpha value is -1.43. The molecule has 0 atom stereocenters. The first-order valence-corrected chi connectivity index (χ1v) is 10.3. The Morgan fingerprint density at radius 2 is 1.88 bits per heavy atom. The van der Waals surface area contributed by atoms with Crippen LogP contribution in [0.2, 0.25) is 5.02 Å². The van der Waals surface area contributed by atoms with Crippen molar-refractivity contribution in [2.24, 2.45) is 0 Å². The lowest BCUT2D eigenvalue weighted by molar-refractivity contribution is -0.874. The molecule has 1 saturated carbocycles. The molecule has 4 nitrogen and oxygen atoms in total. The van der Waals surface area contributed by atoms with Crippen LogP contribution in [-0.4, -0.2) is 26.4 Å². The van der Waals surface area contributed by atoms with Gasteiger partial charge in [0.05, 0.1) is 10.8 Å². The van der Waals surface area contributed by atoms with Gasteiger partial charge in [-0.15, -0.1) is 11.8 Å². The molecule has 0 amide bonds. The summed E-state index contributed by atoms with van der Waals surface area (Å²) in [5.74, 6) is 1.01. The van der Waals surface area contributed by atoms with Crippen LogP contribution in [0.1, 0.15) is 31.2 Å². The Labute approximate surface area is 163 Å². The van der Waals surface area contributed by atoms with E-state index in [0.717, 1.165) is 36.9 Å². The first-order valence-electron chi connectivity index (χ1n) is 9.08. The van der Waals surface area contributed by atoms with Crippen molar-refractivity contribution < 1.29 is 14.3 Å². The van der Waals surface area contributed by atoms with Crippen molar-refractivity contribution in [3.63, 3.8) is 0 Å². The third kappa shape index (κ3) is 3.95. The number of ether oxygens (including phenoxy) is 1. The predicted molar refractivity (Wildman–Crippen MR) is 105 cm³/mol. The molecule has 1 aromatic heterocycles. The Morgan fingerprint density at radius 1 is 1.15 bits per heavy atom. The van der Waals surface area contributed by atoms with Gasteiger partial charge in [0.25, 0.3) is 0 Å². The van der Waals surface area contributed by atoms with Gasteiger partial charge in [-0.1, -0.05) is 11.6 Å². The van der Waals surface area contributed by atoms with E-state index in [4.69, 9.17) is 21.2 Å². The lowest BCUT2D eigenvalue weighted by Crippen LogP contribution is -2.45. The summed E-state index contributed by atoms with van der Waals surface area (Å²) < 4.78 is 7.49. The van der Waals surface area contributed by atoms with Crippen molar-refractivity contribution in [2.45, 2.75) is 41.4 Å². The molecule has 2 aromatic rings. The summed E-state index contributed by atoms with van der Waals surface area (Å²) in [5.41, 5.74) is 1.27. The number of benzene rings is 1. The third-order valence-corrected chi connectivity index (χ3v) is 6.79. The number of pyridine rings is 1. The summed E-state index contributed by atoms with van der Waals surface area (Å²) in [4.78, 5) is 6.84. The number of nitrogens with one attached hydrogen (secondary N) is 1. The minimum absolute atomic E-state index is 0.0233.